The van der Waals surface area contributed by atoms with E-state index < -0.39 is 11.2 Å². The molecule has 0 heterocycles. The Morgan fingerprint density at radius 3 is 2.00 bits per heavy atom. The van der Waals surface area contributed by atoms with E-state index in [1.54, 1.807) is 20.8 Å². The summed E-state index contributed by atoms with van der Waals surface area (Å²) in [6.07, 6.45) is 0. The van der Waals surface area contributed by atoms with Crippen LogP contribution in [0.1, 0.15) is 31.1 Å². The summed E-state index contributed by atoms with van der Waals surface area (Å²) in [5.41, 5.74) is -0.615. The van der Waals surface area contributed by atoms with Crippen molar-refractivity contribution in [2.45, 2.75) is 20.8 Å². The highest BCUT2D eigenvalue weighted by atomic mass is 19.1. The van der Waals surface area contributed by atoms with Gasteiger partial charge >= 0.3 is 0 Å². The number of hydrogen-bond acceptors (Lipinski definition) is 3. The van der Waals surface area contributed by atoms with Crippen LogP contribution in [0, 0.1) is 11.2 Å². The van der Waals surface area contributed by atoms with E-state index in [0.29, 0.717) is 5.75 Å². The van der Waals surface area contributed by atoms with Crippen molar-refractivity contribution in [2.75, 3.05) is 14.2 Å². The summed E-state index contributed by atoms with van der Waals surface area (Å²) in [7, 11) is 2.86. The molecule has 0 saturated heterocycles. The minimum absolute atomic E-state index is 0.0233. The molecular weight excluding hydrogens is 223 g/mol. The number of methoxy groups -OCH3 is 2. The van der Waals surface area contributed by atoms with E-state index in [2.05, 4.69) is 0 Å². The summed E-state index contributed by atoms with van der Waals surface area (Å²) in [5, 5.41) is 0. The molecule has 3 nitrogen and oxygen atoms in total. The Hall–Kier alpha value is -1.58. The summed E-state index contributed by atoms with van der Waals surface area (Å²) in [6.45, 7) is 5.22. The highest BCUT2D eigenvalue weighted by molar-refractivity contribution is 6.00. The van der Waals surface area contributed by atoms with E-state index in [1.165, 1.54) is 20.3 Å². The average molecular weight is 240 g/mol. The third kappa shape index (κ3) is 2.75. The fourth-order valence-electron chi connectivity index (χ4n) is 1.43. The van der Waals surface area contributed by atoms with Crippen LogP contribution in [-0.2, 0) is 0 Å². The predicted molar refractivity (Wildman–Crippen MR) is 63.3 cm³/mol. The molecule has 1 rings (SSSR count). The predicted octanol–water partition coefficient (Wildman–Crippen LogP) is 3.07. The van der Waals surface area contributed by atoms with Crippen LogP contribution in [0.15, 0.2) is 12.1 Å². The Morgan fingerprint density at radius 2 is 1.59 bits per heavy atom. The van der Waals surface area contributed by atoms with Crippen molar-refractivity contribution in [2.24, 2.45) is 5.41 Å². The molecule has 0 fully saturated rings. The first-order chi connectivity index (χ1) is 7.81. The van der Waals surface area contributed by atoms with E-state index in [4.69, 9.17) is 9.47 Å². The largest absolute Gasteiger partial charge is 0.493 e. The molecule has 1 aromatic rings. The first-order valence-electron chi connectivity index (χ1n) is 5.27. The molecule has 0 aromatic heterocycles. The fourth-order valence-corrected chi connectivity index (χ4v) is 1.43. The lowest BCUT2D eigenvalue weighted by Gasteiger charge is -2.18. The molecule has 0 amide bonds. The molecule has 0 spiro atoms. The number of benzene rings is 1. The highest BCUT2D eigenvalue weighted by Gasteiger charge is 2.27. The second-order valence-corrected chi connectivity index (χ2v) is 4.77. The van der Waals surface area contributed by atoms with Gasteiger partial charge in [0.2, 0.25) is 0 Å². The first-order valence-corrected chi connectivity index (χ1v) is 5.27. The number of hydrogen-bond donors (Lipinski definition) is 0. The van der Waals surface area contributed by atoms with Gasteiger partial charge in [0.1, 0.15) is 5.82 Å². The van der Waals surface area contributed by atoms with Gasteiger partial charge in [-0.1, -0.05) is 20.8 Å². The van der Waals surface area contributed by atoms with Gasteiger partial charge in [0, 0.05) is 11.5 Å². The summed E-state index contributed by atoms with van der Waals surface area (Å²) in [4.78, 5) is 12.0. The number of rotatable bonds is 3. The Balaban J connectivity index is 3.31. The lowest BCUT2D eigenvalue weighted by molar-refractivity contribution is 0.0853. The Labute approximate surface area is 101 Å². The normalized spacial score (nSPS) is 11.2. The SMILES string of the molecule is COc1cc(F)c(C(=O)C(C)(C)C)cc1OC. The van der Waals surface area contributed by atoms with Crippen molar-refractivity contribution < 1.29 is 18.7 Å². The lowest BCUT2D eigenvalue weighted by Crippen LogP contribution is -2.21. The van der Waals surface area contributed by atoms with Crippen LogP contribution in [0.4, 0.5) is 4.39 Å². The van der Waals surface area contributed by atoms with Crippen molar-refractivity contribution in [3.63, 3.8) is 0 Å². The van der Waals surface area contributed by atoms with Crippen LogP contribution >= 0.6 is 0 Å². The second-order valence-electron chi connectivity index (χ2n) is 4.77. The lowest BCUT2D eigenvalue weighted by atomic mass is 9.86. The van der Waals surface area contributed by atoms with E-state index in [-0.39, 0.29) is 17.1 Å². The smallest absolute Gasteiger partial charge is 0.171 e. The van der Waals surface area contributed by atoms with Gasteiger partial charge in [-0.25, -0.2) is 4.39 Å². The topological polar surface area (TPSA) is 35.5 Å². The molecule has 0 unspecified atom stereocenters. The van der Waals surface area contributed by atoms with E-state index in [1.807, 2.05) is 0 Å². The molecule has 0 atom stereocenters. The molecule has 0 N–H and O–H groups in total. The molecule has 4 heteroatoms. The third-order valence-electron chi connectivity index (χ3n) is 2.40. The zero-order chi connectivity index (χ0) is 13.2. The van der Waals surface area contributed by atoms with Gasteiger partial charge in [-0.2, -0.15) is 0 Å². The van der Waals surface area contributed by atoms with E-state index in [9.17, 15) is 9.18 Å². The van der Waals surface area contributed by atoms with Crippen molar-refractivity contribution in [3.8, 4) is 11.5 Å². The van der Waals surface area contributed by atoms with Gasteiger partial charge in [0.15, 0.2) is 17.3 Å². The monoisotopic (exact) mass is 240 g/mol. The van der Waals surface area contributed by atoms with Crippen LogP contribution in [0.2, 0.25) is 0 Å². The molecule has 0 aliphatic carbocycles. The minimum atomic E-state index is -0.638. The van der Waals surface area contributed by atoms with Crippen molar-refractivity contribution in [1.29, 1.82) is 0 Å². The fraction of sp³-hybridized carbons (Fsp3) is 0.462. The number of Topliss-reactive ketones (excluding diaryl/α,β-unsaturated/α-hetero) is 1. The maximum absolute atomic E-state index is 13.8. The van der Waals surface area contributed by atoms with E-state index >= 15 is 0 Å². The summed E-state index contributed by atoms with van der Waals surface area (Å²) < 4.78 is 23.8. The van der Waals surface area contributed by atoms with Gasteiger partial charge in [-0.15, -0.1) is 0 Å². The minimum Gasteiger partial charge on any atom is -0.493 e. The molecule has 0 radical (unpaired) electrons. The Kier molecular flexibility index (Phi) is 3.76. The molecular formula is C13H17FO3. The zero-order valence-corrected chi connectivity index (χ0v) is 10.8. The zero-order valence-electron chi connectivity index (χ0n) is 10.8. The standard InChI is InChI=1S/C13H17FO3/c1-13(2,3)12(15)8-6-10(16-4)11(17-5)7-9(8)14/h6-7H,1-5H3. The van der Waals surface area contributed by atoms with E-state index in [0.717, 1.165) is 6.07 Å². The van der Waals surface area contributed by atoms with Gasteiger partial charge < -0.3 is 9.47 Å². The maximum atomic E-state index is 13.8. The van der Waals surface area contributed by atoms with Crippen LogP contribution < -0.4 is 9.47 Å². The van der Waals surface area contributed by atoms with Crippen LogP contribution in [0.3, 0.4) is 0 Å². The van der Waals surface area contributed by atoms with Crippen molar-refractivity contribution in [3.05, 3.63) is 23.5 Å². The molecule has 0 saturated carbocycles. The van der Waals surface area contributed by atoms with Gasteiger partial charge in [-0.3, -0.25) is 4.79 Å². The maximum Gasteiger partial charge on any atom is 0.171 e. The molecule has 0 bridgehead atoms. The van der Waals surface area contributed by atoms with Gasteiger partial charge in [0.25, 0.3) is 0 Å². The Bertz CT molecular complexity index is 433. The van der Waals surface area contributed by atoms with Crippen LogP contribution in [0.25, 0.3) is 0 Å². The van der Waals surface area contributed by atoms with Crippen LogP contribution in [0.5, 0.6) is 11.5 Å². The van der Waals surface area contributed by atoms with Crippen molar-refractivity contribution >= 4 is 5.78 Å². The van der Waals surface area contributed by atoms with Gasteiger partial charge in [-0.05, 0) is 6.07 Å². The highest BCUT2D eigenvalue weighted by Crippen LogP contribution is 2.32. The van der Waals surface area contributed by atoms with Crippen LogP contribution in [-0.4, -0.2) is 20.0 Å². The summed E-state index contributed by atoms with van der Waals surface area (Å²) in [5.74, 6) is -0.240. The van der Waals surface area contributed by atoms with Gasteiger partial charge in [0.05, 0.1) is 19.8 Å². The number of carbonyl (C=O) groups excluding carboxylic acids is 1. The number of carbonyl (C=O) groups is 1. The third-order valence-corrected chi connectivity index (χ3v) is 2.40. The Morgan fingerprint density at radius 1 is 1.12 bits per heavy atom. The molecule has 94 valence electrons. The number of halogens is 1. The molecule has 0 aliphatic heterocycles. The molecule has 17 heavy (non-hydrogen) atoms. The van der Waals surface area contributed by atoms with Crippen molar-refractivity contribution in [1.82, 2.24) is 0 Å². The number of ether oxygens (including phenoxy) is 2. The second kappa shape index (κ2) is 4.73. The molecule has 0 aliphatic rings. The summed E-state index contributed by atoms with van der Waals surface area (Å²) >= 11 is 0. The average Bonchev–Trinajstić information content (AvgIpc) is 2.26. The quantitative estimate of drug-likeness (QED) is 0.762. The first kappa shape index (κ1) is 13.5. The molecule has 1 aromatic carbocycles. The number of ketones is 1. The summed E-state index contributed by atoms with van der Waals surface area (Å²) in [6, 6.07) is 2.54.